The monoisotopic (exact) mass is 139 g/mol. The van der Waals surface area contributed by atoms with E-state index in [1.807, 2.05) is 0 Å². The Morgan fingerprint density at radius 1 is 1.70 bits per heavy atom. The molecule has 1 aliphatic rings. The van der Waals surface area contributed by atoms with Gasteiger partial charge in [0.15, 0.2) is 0 Å². The predicted octanol–water partition coefficient (Wildman–Crippen LogP) is -0.552. The van der Waals surface area contributed by atoms with Crippen LogP contribution in [0.5, 0.6) is 0 Å². The highest BCUT2D eigenvalue weighted by atomic mass is 16.5. The largest absolute Gasteiger partial charge is 0.458 e. The Kier molecular flexibility index (Phi) is 0.969. The van der Waals surface area contributed by atoms with Gasteiger partial charge in [0.1, 0.15) is 12.9 Å². The molecule has 0 amide bonds. The minimum absolute atomic E-state index is 0.297. The second-order valence-electron chi connectivity index (χ2n) is 1.94. The number of ether oxygens (including phenoxy) is 1. The number of esters is 1. The standard InChI is InChI=1S/C5H5N3O2/c9-5-4-6-3-7-8(4)1-2-10-5/h3H,1-2H2. The van der Waals surface area contributed by atoms with E-state index in [0.717, 1.165) is 0 Å². The minimum Gasteiger partial charge on any atom is -0.458 e. The van der Waals surface area contributed by atoms with Crippen LogP contribution in [-0.4, -0.2) is 27.3 Å². The molecule has 10 heavy (non-hydrogen) atoms. The molecule has 0 bridgehead atoms. The molecule has 0 spiro atoms. The lowest BCUT2D eigenvalue weighted by Crippen LogP contribution is -2.24. The van der Waals surface area contributed by atoms with Crippen LogP contribution in [0.15, 0.2) is 6.33 Å². The zero-order chi connectivity index (χ0) is 6.97. The van der Waals surface area contributed by atoms with Gasteiger partial charge in [0, 0.05) is 0 Å². The Morgan fingerprint density at radius 2 is 2.60 bits per heavy atom. The number of carbonyl (C=O) groups excluding carboxylic acids is 1. The summed E-state index contributed by atoms with van der Waals surface area (Å²) < 4.78 is 6.23. The molecule has 0 aromatic carbocycles. The zero-order valence-electron chi connectivity index (χ0n) is 5.15. The van der Waals surface area contributed by atoms with Gasteiger partial charge in [-0.25, -0.2) is 14.5 Å². The van der Waals surface area contributed by atoms with Crippen molar-refractivity contribution in [2.24, 2.45) is 0 Å². The summed E-state index contributed by atoms with van der Waals surface area (Å²) in [7, 11) is 0. The van der Waals surface area contributed by atoms with E-state index in [0.29, 0.717) is 19.0 Å². The third kappa shape index (κ3) is 0.601. The molecular weight excluding hydrogens is 134 g/mol. The molecule has 0 N–H and O–H groups in total. The van der Waals surface area contributed by atoms with Gasteiger partial charge in [0.05, 0.1) is 6.54 Å². The second kappa shape index (κ2) is 1.80. The number of hydrogen-bond donors (Lipinski definition) is 0. The van der Waals surface area contributed by atoms with Gasteiger partial charge in [-0.3, -0.25) is 0 Å². The number of carbonyl (C=O) groups is 1. The van der Waals surface area contributed by atoms with E-state index in [1.54, 1.807) is 0 Å². The van der Waals surface area contributed by atoms with Gasteiger partial charge in [-0.05, 0) is 0 Å². The number of rotatable bonds is 0. The van der Waals surface area contributed by atoms with Crippen molar-refractivity contribution in [2.45, 2.75) is 6.54 Å². The first-order valence-electron chi connectivity index (χ1n) is 2.93. The molecule has 0 saturated heterocycles. The van der Waals surface area contributed by atoms with Gasteiger partial charge in [-0.1, -0.05) is 0 Å². The number of fused-ring (bicyclic) bond motifs is 1. The van der Waals surface area contributed by atoms with E-state index in [-0.39, 0.29) is 5.97 Å². The van der Waals surface area contributed by atoms with Crippen molar-refractivity contribution in [2.75, 3.05) is 6.61 Å². The van der Waals surface area contributed by atoms with Crippen molar-refractivity contribution in [1.29, 1.82) is 0 Å². The summed E-state index contributed by atoms with van der Waals surface area (Å²) in [4.78, 5) is 14.5. The number of cyclic esters (lactones) is 1. The Hall–Kier alpha value is -1.39. The van der Waals surface area contributed by atoms with Crippen molar-refractivity contribution in [1.82, 2.24) is 14.8 Å². The average molecular weight is 139 g/mol. The van der Waals surface area contributed by atoms with Gasteiger partial charge >= 0.3 is 5.97 Å². The van der Waals surface area contributed by atoms with Crippen LogP contribution in [0.2, 0.25) is 0 Å². The van der Waals surface area contributed by atoms with E-state index in [9.17, 15) is 4.79 Å². The molecule has 1 aromatic rings. The van der Waals surface area contributed by atoms with Gasteiger partial charge in [-0.15, -0.1) is 0 Å². The van der Waals surface area contributed by atoms with Crippen LogP contribution in [0.4, 0.5) is 0 Å². The Bertz CT molecular complexity index is 268. The van der Waals surface area contributed by atoms with E-state index in [4.69, 9.17) is 4.74 Å². The smallest absolute Gasteiger partial charge is 0.376 e. The molecule has 2 heterocycles. The first-order chi connectivity index (χ1) is 4.88. The van der Waals surface area contributed by atoms with Crippen LogP contribution >= 0.6 is 0 Å². The quantitative estimate of drug-likeness (QED) is 0.452. The van der Waals surface area contributed by atoms with Gasteiger partial charge in [-0.2, -0.15) is 5.10 Å². The first kappa shape index (κ1) is 5.40. The second-order valence-corrected chi connectivity index (χ2v) is 1.94. The van der Waals surface area contributed by atoms with Crippen LogP contribution in [0, 0.1) is 0 Å². The molecule has 0 unspecified atom stereocenters. The average Bonchev–Trinajstić information content (AvgIpc) is 2.36. The van der Waals surface area contributed by atoms with Gasteiger partial charge in [0.2, 0.25) is 5.82 Å². The van der Waals surface area contributed by atoms with Crippen LogP contribution in [0.1, 0.15) is 10.6 Å². The SMILES string of the molecule is O=C1OCCn2ncnc21. The Labute approximate surface area is 56.6 Å². The van der Waals surface area contributed by atoms with Gasteiger partial charge < -0.3 is 4.74 Å². The molecular formula is C5H5N3O2. The highest BCUT2D eigenvalue weighted by Gasteiger charge is 2.19. The molecule has 52 valence electrons. The third-order valence-electron chi connectivity index (χ3n) is 1.33. The zero-order valence-corrected chi connectivity index (χ0v) is 5.15. The van der Waals surface area contributed by atoms with Crippen molar-refractivity contribution in [3.8, 4) is 0 Å². The van der Waals surface area contributed by atoms with Crippen LogP contribution in [0.25, 0.3) is 0 Å². The molecule has 0 fully saturated rings. The van der Waals surface area contributed by atoms with E-state index in [1.165, 1.54) is 11.0 Å². The van der Waals surface area contributed by atoms with Crippen molar-refractivity contribution >= 4 is 5.97 Å². The van der Waals surface area contributed by atoms with Crippen molar-refractivity contribution in [3.63, 3.8) is 0 Å². The lowest BCUT2D eigenvalue weighted by atomic mass is 10.5. The van der Waals surface area contributed by atoms with Crippen molar-refractivity contribution < 1.29 is 9.53 Å². The highest BCUT2D eigenvalue weighted by Crippen LogP contribution is 2.02. The molecule has 1 aliphatic heterocycles. The summed E-state index contributed by atoms with van der Waals surface area (Å²) >= 11 is 0. The molecule has 0 aliphatic carbocycles. The highest BCUT2D eigenvalue weighted by molar-refractivity contribution is 5.85. The van der Waals surface area contributed by atoms with Crippen molar-refractivity contribution in [3.05, 3.63) is 12.2 Å². The molecule has 0 radical (unpaired) electrons. The third-order valence-corrected chi connectivity index (χ3v) is 1.33. The van der Waals surface area contributed by atoms with Gasteiger partial charge in [0.25, 0.3) is 0 Å². The molecule has 5 heteroatoms. The molecule has 0 saturated carbocycles. The van der Waals surface area contributed by atoms with E-state index >= 15 is 0 Å². The molecule has 5 nitrogen and oxygen atoms in total. The van der Waals surface area contributed by atoms with E-state index in [2.05, 4.69) is 10.1 Å². The lowest BCUT2D eigenvalue weighted by Gasteiger charge is -2.10. The summed E-state index contributed by atoms with van der Waals surface area (Å²) in [5.74, 6) is -0.0880. The fourth-order valence-corrected chi connectivity index (χ4v) is 0.875. The maximum Gasteiger partial charge on any atom is 0.376 e. The fraction of sp³-hybridized carbons (Fsp3) is 0.400. The molecule has 2 rings (SSSR count). The molecule has 1 aromatic heterocycles. The van der Waals surface area contributed by atoms with Crippen LogP contribution in [0.3, 0.4) is 0 Å². The Balaban J connectivity index is 2.50. The number of nitrogens with zero attached hydrogens (tertiary/aromatic N) is 3. The normalized spacial score (nSPS) is 16.2. The summed E-state index contributed by atoms with van der Waals surface area (Å²) in [5, 5.41) is 3.81. The summed E-state index contributed by atoms with van der Waals surface area (Å²) in [5.41, 5.74) is 0. The maximum absolute atomic E-state index is 10.8. The molecule has 0 atom stereocenters. The number of aromatic nitrogens is 3. The number of hydrogen-bond acceptors (Lipinski definition) is 4. The maximum atomic E-state index is 10.8. The Morgan fingerprint density at radius 3 is 3.40 bits per heavy atom. The van der Waals surface area contributed by atoms with E-state index < -0.39 is 0 Å². The van der Waals surface area contributed by atoms with Crippen LogP contribution < -0.4 is 0 Å². The topological polar surface area (TPSA) is 57.0 Å². The predicted molar refractivity (Wildman–Crippen MR) is 30.3 cm³/mol. The minimum atomic E-state index is -0.385. The summed E-state index contributed by atoms with van der Waals surface area (Å²) in [6.07, 6.45) is 1.35. The lowest BCUT2D eigenvalue weighted by molar-refractivity contribution is 0.0402. The summed E-state index contributed by atoms with van der Waals surface area (Å²) in [6.45, 7) is 1.01. The first-order valence-corrected chi connectivity index (χ1v) is 2.93. The summed E-state index contributed by atoms with van der Waals surface area (Å²) in [6, 6.07) is 0. The van der Waals surface area contributed by atoms with Crippen LogP contribution in [-0.2, 0) is 11.3 Å². The fourth-order valence-electron chi connectivity index (χ4n) is 0.875.